The van der Waals surface area contributed by atoms with Crippen molar-refractivity contribution in [3.8, 4) is 23.0 Å². The largest absolute Gasteiger partial charge is 0.497 e. The number of carboxylic acids is 1. The van der Waals surface area contributed by atoms with E-state index in [-0.39, 0.29) is 12.2 Å². The quantitative estimate of drug-likeness (QED) is 0.170. The second-order valence-corrected chi connectivity index (χ2v) is 12.6. The Morgan fingerprint density at radius 2 is 0.956 bits per heavy atom. The number of carbonyl (C=O) groups is 1. The molecule has 0 aliphatic carbocycles. The van der Waals surface area contributed by atoms with E-state index >= 15 is 0 Å². The van der Waals surface area contributed by atoms with Gasteiger partial charge in [0.15, 0.2) is 0 Å². The van der Waals surface area contributed by atoms with Gasteiger partial charge in [0.05, 0.1) is 40.6 Å². The van der Waals surface area contributed by atoms with Gasteiger partial charge in [0, 0.05) is 23.2 Å². The van der Waals surface area contributed by atoms with Crippen LogP contribution in [0.25, 0.3) is 0 Å². The highest BCUT2D eigenvalue weighted by molar-refractivity contribution is 9.11. The molecule has 4 aromatic carbocycles. The van der Waals surface area contributed by atoms with E-state index in [1.54, 1.807) is 39.5 Å². The molecule has 0 aliphatic rings. The summed E-state index contributed by atoms with van der Waals surface area (Å²) < 4.78 is 23.7. The number of benzene rings is 4. The molecule has 0 fully saturated rings. The van der Waals surface area contributed by atoms with Crippen molar-refractivity contribution in [2.45, 2.75) is 25.3 Å². The summed E-state index contributed by atoms with van der Waals surface area (Å²) in [6, 6.07) is 22.2. The van der Waals surface area contributed by atoms with Gasteiger partial charge in [0.2, 0.25) is 0 Å². The van der Waals surface area contributed by atoms with Crippen molar-refractivity contribution in [3.63, 3.8) is 0 Å². The molecular formula is C33H35Br5O7. The molecule has 0 aromatic heterocycles. The van der Waals surface area contributed by atoms with E-state index in [1.165, 1.54) is 24.3 Å². The Morgan fingerprint density at radius 1 is 0.600 bits per heavy atom. The molecule has 12 heteroatoms. The number of aliphatic hydroxyl groups excluding tert-OH is 1. The lowest BCUT2D eigenvalue weighted by atomic mass is 10.2. The van der Waals surface area contributed by atoms with Gasteiger partial charge in [-0.05, 0) is 112 Å². The summed E-state index contributed by atoms with van der Waals surface area (Å²) in [5.74, 6) is 2.14. The normalized spacial score (nSPS) is 9.67. The molecule has 0 aliphatic heterocycles. The fourth-order valence-electron chi connectivity index (χ4n) is 3.32. The predicted molar refractivity (Wildman–Crippen MR) is 198 cm³/mol. The summed E-state index contributed by atoms with van der Waals surface area (Å²) in [6.07, 6.45) is 1.03. The number of aryl methyl sites for hydroxylation is 1. The molecule has 0 saturated carbocycles. The molecule has 244 valence electrons. The van der Waals surface area contributed by atoms with Crippen LogP contribution in [0.5, 0.6) is 23.0 Å². The van der Waals surface area contributed by atoms with Crippen LogP contribution in [0.15, 0.2) is 90.7 Å². The molecule has 2 N–H and O–H groups in total. The van der Waals surface area contributed by atoms with Crippen LogP contribution in [0.2, 0.25) is 0 Å². The van der Waals surface area contributed by atoms with Gasteiger partial charge in [-0.15, -0.1) is 0 Å². The minimum absolute atomic E-state index is 0.0256. The Kier molecular flexibility index (Phi) is 20.4. The molecule has 0 spiro atoms. The zero-order valence-corrected chi connectivity index (χ0v) is 33.3. The number of methoxy groups -OCH3 is 4. The van der Waals surface area contributed by atoms with Crippen molar-refractivity contribution >= 4 is 85.6 Å². The SMILES string of the molecule is CCc1cc(OC)ccc1Br.COc1ccc(Br)c(C(=O)O)c1.COc1ccc(Br)c(CBr)c1.COc1ccc(Br)c(CO)c1. The lowest BCUT2D eigenvalue weighted by molar-refractivity contribution is 0.0695. The highest BCUT2D eigenvalue weighted by Gasteiger charge is 2.08. The van der Waals surface area contributed by atoms with Crippen LogP contribution < -0.4 is 18.9 Å². The monoisotopic (exact) mass is 938 g/mol. The highest BCUT2D eigenvalue weighted by Crippen LogP contribution is 2.25. The summed E-state index contributed by atoms with van der Waals surface area (Å²) in [7, 11) is 6.45. The number of hydrogen-bond acceptors (Lipinski definition) is 6. The Hall–Kier alpha value is -2.09. The first-order valence-electron chi connectivity index (χ1n) is 13.2. The third-order valence-corrected chi connectivity index (χ3v) is 9.47. The van der Waals surface area contributed by atoms with Crippen LogP contribution in [0.3, 0.4) is 0 Å². The molecule has 7 nitrogen and oxygen atoms in total. The first-order chi connectivity index (χ1) is 21.5. The molecular weight excluding hydrogens is 908 g/mol. The topological polar surface area (TPSA) is 94.5 Å². The molecule has 0 amide bonds. The third kappa shape index (κ3) is 14.5. The summed E-state index contributed by atoms with van der Waals surface area (Å²) in [5, 5.41) is 18.4. The summed E-state index contributed by atoms with van der Waals surface area (Å²) in [4.78, 5) is 10.6. The van der Waals surface area contributed by atoms with E-state index in [1.807, 2.05) is 48.5 Å². The molecule has 4 rings (SSSR count). The van der Waals surface area contributed by atoms with Gasteiger partial charge < -0.3 is 29.2 Å². The van der Waals surface area contributed by atoms with Gasteiger partial charge in [-0.1, -0.05) is 70.6 Å². The van der Waals surface area contributed by atoms with Gasteiger partial charge in [0.1, 0.15) is 23.0 Å². The lowest BCUT2D eigenvalue weighted by Crippen LogP contribution is -1.98. The van der Waals surface area contributed by atoms with Crippen molar-refractivity contribution in [1.29, 1.82) is 0 Å². The van der Waals surface area contributed by atoms with E-state index in [9.17, 15) is 4.79 Å². The number of hydrogen-bond donors (Lipinski definition) is 2. The van der Waals surface area contributed by atoms with Gasteiger partial charge in [-0.25, -0.2) is 4.79 Å². The number of ether oxygens (including phenoxy) is 4. The van der Waals surface area contributed by atoms with Crippen molar-refractivity contribution in [3.05, 3.63) is 113 Å². The second kappa shape index (κ2) is 22.4. The van der Waals surface area contributed by atoms with Gasteiger partial charge >= 0.3 is 5.97 Å². The van der Waals surface area contributed by atoms with Crippen LogP contribution >= 0.6 is 79.6 Å². The Bertz CT molecular complexity index is 1370. The number of alkyl halides is 1. The number of aromatic carboxylic acids is 1. The number of carboxylic acid groups (broad SMARTS) is 1. The Labute approximate surface area is 306 Å². The maximum atomic E-state index is 10.6. The third-order valence-electron chi connectivity index (χ3n) is 5.86. The highest BCUT2D eigenvalue weighted by atomic mass is 79.9. The van der Waals surface area contributed by atoms with E-state index in [2.05, 4.69) is 86.6 Å². The summed E-state index contributed by atoms with van der Waals surface area (Å²) >= 11 is 16.7. The fourth-order valence-corrected chi connectivity index (χ4v) is 5.87. The standard InChI is InChI=1S/C9H11BrO.C8H8Br2O.C8H7BrO3.C8H9BrO2/c1-3-7-6-8(11-2)4-5-9(7)10;1-11-7-2-3-8(10)6(4-7)5-9;1-12-5-2-3-7(9)6(4-5)8(10)11;1-11-7-2-3-8(9)6(4-7)5-10/h4-6H,3H2,1-2H3;2-4H,5H2,1H3;2-4H,1H3,(H,10,11);2-4,10H,5H2,1H3. The number of halogens is 5. The molecule has 0 heterocycles. The molecule has 45 heavy (non-hydrogen) atoms. The van der Waals surface area contributed by atoms with Crippen LogP contribution in [0.4, 0.5) is 0 Å². The van der Waals surface area contributed by atoms with Gasteiger partial charge in [-0.2, -0.15) is 0 Å². The Morgan fingerprint density at radius 3 is 1.33 bits per heavy atom. The van der Waals surface area contributed by atoms with Crippen molar-refractivity contribution in [2.75, 3.05) is 28.4 Å². The van der Waals surface area contributed by atoms with Crippen LogP contribution in [0.1, 0.15) is 34.0 Å². The van der Waals surface area contributed by atoms with Crippen molar-refractivity contribution in [2.24, 2.45) is 0 Å². The minimum atomic E-state index is -0.972. The zero-order valence-electron chi connectivity index (χ0n) is 25.4. The van der Waals surface area contributed by atoms with E-state index in [0.717, 1.165) is 48.0 Å². The second-order valence-electron chi connectivity index (χ2n) is 8.67. The number of aliphatic hydroxyl groups is 1. The average molecular weight is 943 g/mol. The fraction of sp³-hybridized carbons (Fsp3) is 0.242. The lowest BCUT2D eigenvalue weighted by Gasteiger charge is -2.03. The summed E-state index contributed by atoms with van der Waals surface area (Å²) in [6.45, 7) is 2.15. The molecule has 0 radical (unpaired) electrons. The maximum Gasteiger partial charge on any atom is 0.336 e. The van der Waals surface area contributed by atoms with Crippen LogP contribution in [0, 0.1) is 0 Å². The molecule has 4 aromatic rings. The number of rotatable bonds is 8. The maximum absolute atomic E-state index is 10.6. The predicted octanol–water partition coefficient (Wildman–Crippen LogP) is 10.5. The zero-order chi connectivity index (χ0) is 33.9. The van der Waals surface area contributed by atoms with E-state index in [0.29, 0.717) is 10.2 Å². The minimum Gasteiger partial charge on any atom is -0.497 e. The van der Waals surface area contributed by atoms with Crippen molar-refractivity contribution < 1.29 is 34.0 Å². The molecule has 0 bridgehead atoms. The van der Waals surface area contributed by atoms with E-state index < -0.39 is 5.97 Å². The van der Waals surface area contributed by atoms with Gasteiger partial charge in [0.25, 0.3) is 0 Å². The van der Waals surface area contributed by atoms with Crippen molar-refractivity contribution in [1.82, 2.24) is 0 Å². The average Bonchev–Trinajstić information content (AvgIpc) is 3.06. The van der Waals surface area contributed by atoms with E-state index in [4.69, 9.17) is 29.2 Å². The van der Waals surface area contributed by atoms with Gasteiger partial charge in [-0.3, -0.25) is 0 Å². The van der Waals surface area contributed by atoms with Crippen LogP contribution in [-0.4, -0.2) is 44.6 Å². The first kappa shape index (κ1) is 40.9. The first-order valence-corrected chi connectivity index (χ1v) is 17.5. The molecule has 0 unspecified atom stereocenters. The summed E-state index contributed by atoms with van der Waals surface area (Å²) in [5.41, 5.74) is 3.52. The molecule has 0 atom stereocenters. The Balaban J connectivity index is 0.000000300. The smallest absolute Gasteiger partial charge is 0.336 e. The molecule has 0 saturated heterocycles. The van der Waals surface area contributed by atoms with Crippen LogP contribution in [-0.2, 0) is 18.4 Å².